The van der Waals surface area contributed by atoms with Crippen LogP contribution in [-0.4, -0.2) is 64.0 Å². The number of piperazine rings is 1. The van der Waals surface area contributed by atoms with Gasteiger partial charge in [-0.25, -0.2) is 9.67 Å². The van der Waals surface area contributed by atoms with E-state index >= 15 is 0 Å². The van der Waals surface area contributed by atoms with Gasteiger partial charge in [0.05, 0.1) is 19.8 Å². The number of benzene rings is 2. The van der Waals surface area contributed by atoms with Gasteiger partial charge < -0.3 is 19.6 Å². The van der Waals surface area contributed by atoms with Crippen molar-refractivity contribution in [3.05, 3.63) is 71.8 Å². The minimum atomic E-state index is -0.756. The summed E-state index contributed by atoms with van der Waals surface area (Å²) < 4.78 is 6.64. The predicted octanol–water partition coefficient (Wildman–Crippen LogP) is 2.29. The van der Waals surface area contributed by atoms with Gasteiger partial charge >= 0.3 is 0 Å². The van der Waals surface area contributed by atoms with E-state index in [1.807, 2.05) is 12.1 Å². The number of hydrogen-bond donors (Lipinski definition) is 1. The molecule has 1 aliphatic rings. The summed E-state index contributed by atoms with van der Waals surface area (Å²) in [5.74, 6) is 0.709. The monoisotopic (exact) mass is 421 g/mol. The van der Waals surface area contributed by atoms with E-state index in [0.717, 1.165) is 24.4 Å². The molecular formula is C23H27N5O3. The van der Waals surface area contributed by atoms with Crippen molar-refractivity contribution in [1.82, 2.24) is 19.7 Å². The van der Waals surface area contributed by atoms with Gasteiger partial charge in [0.25, 0.3) is 5.91 Å². The lowest BCUT2D eigenvalue weighted by Crippen LogP contribution is -2.49. The largest absolute Gasteiger partial charge is 0.497 e. The molecule has 2 heterocycles. The highest BCUT2D eigenvalue weighted by Gasteiger charge is 2.25. The number of aliphatic hydroxyl groups is 1. The van der Waals surface area contributed by atoms with Crippen molar-refractivity contribution in [2.75, 3.05) is 38.2 Å². The summed E-state index contributed by atoms with van der Waals surface area (Å²) >= 11 is 0. The van der Waals surface area contributed by atoms with Crippen LogP contribution in [0.15, 0.2) is 54.9 Å². The summed E-state index contributed by atoms with van der Waals surface area (Å²) in [6.45, 7) is 5.10. The Bertz CT molecular complexity index is 1030. The molecule has 1 aromatic heterocycles. The zero-order chi connectivity index (χ0) is 21.8. The summed E-state index contributed by atoms with van der Waals surface area (Å²) in [7, 11) is 1.60. The van der Waals surface area contributed by atoms with Crippen LogP contribution in [0.1, 0.15) is 27.8 Å². The van der Waals surface area contributed by atoms with E-state index in [1.54, 1.807) is 36.3 Å². The molecule has 2 aromatic carbocycles. The molecule has 162 valence electrons. The third kappa shape index (κ3) is 4.69. The van der Waals surface area contributed by atoms with Gasteiger partial charge in [0.15, 0.2) is 0 Å². The van der Waals surface area contributed by atoms with Crippen molar-refractivity contribution < 1.29 is 14.6 Å². The van der Waals surface area contributed by atoms with Crippen LogP contribution in [0.25, 0.3) is 0 Å². The third-order valence-corrected chi connectivity index (χ3v) is 5.61. The minimum absolute atomic E-state index is 0.159. The number of aryl methyl sites for hydroxylation is 1. The number of amides is 1. The standard InChI is InChI=1S/C23H27N5O3/c1-17-5-3-4-6-20(17)26-11-13-27(14-12-26)23(30)22-24-16-28(25-22)15-21(29)18-7-9-19(31-2)10-8-18/h3-10,16,21,29H,11-15H2,1-2H3/t21-/m1/s1. The predicted molar refractivity (Wildman–Crippen MR) is 117 cm³/mol. The number of para-hydroxylation sites is 1. The summed E-state index contributed by atoms with van der Waals surface area (Å²) in [6.07, 6.45) is 0.733. The summed E-state index contributed by atoms with van der Waals surface area (Å²) in [6, 6.07) is 15.5. The third-order valence-electron chi connectivity index (χ3n) is 5.61. The molecule has 0 spiro atoms. The van der Waals surface area contributed by atoms with Crippen LogP contribution in [0.2, 0.25) is 0 Å². The zero-order valence-corrected chi connectivity index (χ0v) is 17.8. The Hall–Kier alpha value is -3.39. The Morgan fingerprint density at radius 1 is 1.10 bits per heavy atom. The van der Waals surface area contributed by atoms with Crippen LogP contribution in [-0.2, 0) is 6.54 Å². The zero-order valence-electron chi connectivity index (χ0n) is 17.8. The maximum absolute atomic E-state index is 12.8. The van der Waals surface area contributed by atoms with Gasteiger partial charge in [-0.2, -0.15) is 0 Å². The van der Waals surface area contributed by atoms with E-state index in [0.29, 0.717) is 13.1 Å². The smallest absolute Gasteiger partial charge is 0.293 e. The molecule has 8 nitrogen and oxygen atoms in total. The highest BCUT2D eigenvalue weighted by molar-refractivity contribution is 5.90. The van der Waals surface area contributed by atoms with Crippen molar-refractivity contribution in [3.8, 4) is 5.75 Å². The van der Waals surface area contributed by atoms with Gasteiger partial charge in [0.2, 0.25) is 5.82 Å². The van der Waals surface area contributed by atoms with Crippen molar-refractivity contribution in [3.63, 3.8) is 0 Å². The maximum atomic E-state index is 12.8. The molecular weight excluding hydrogens is 394 g/mol. The number of aromatic nitrogens is 3. The Morgan fingerprint density at radius 2 is 1.81 bits per heavy atom. The second-order valence-electron chi connectivity index (χ2n) is 7.64. The second-order valence-corrected chi connectivity index (χ2v) is 7.64. The van der Waals surface area contributed by atoms with Crippen LogP contribution in [0, 0.1) is 6.92 Å². The molecule has 0 unspecified atom stereocenters. The molecule has 1 amide bonds. The quantitative estimate of drug-likeness (QED) is 0.658. The number of carbonyl (C=O) groups is 1. The molecule has 4 rings (SSSR count). The highest BCUT2D eigenvalue weighted by Crippen LogP contribution is 2.21. The van der Waals surface area contributed by atoms with Gasteiger partial charge in [-0.15, -0.1) is 5.10 Å². The van der Waals surface area contributed by atoms with Crippen LogP contribution >= 0.6 is 0 Å². The van der Waals surface area contributed by atoms with Gasteiger partial charge in [-0.3, -0.25) is 4.79 Å². The highest BCUT2D eigenvalue weighted by atomic mass is 16.5. The molecule has 1 fully saturated rings. The lowest BCUT2D eigenvalue weighted by Gasteiger charge is -2.36. The number of methoxy groups -OCH3 is 1. The molecule has 0 radical (unpaired) electrons. The van der Waals surface area contributed by atoms with Crippen molar-refractivity contribution in [1.29, 1.82) is 0 Å². The first-order chi connectivity index (χ1) is 15.0. The molecule has 1 saturated heterocycles. The van der Waals surface area contributed by atoms with E-state index < -0.39 is 6.10 Å². The first-order valence-corrected chi connectivity index (χ1v) is 10.4. The Labute approximate surface area is 181 Å². The van der Waals surface area contributed by atoms with Crippen LogP contribution in [0.3, 0.4) is 0 Å². The summed E-state index contributed by atoms with van der Waals surface area (Å²) in [4.78, 5) is 21.1. The summed E-state index contributed by atoms with van der Waals surface area (Å²) in [5, 5.41) is 14.8. The minimum Gasteiger partial charge on any atom is -0.497 e. The second kappa shape index (κ2) is 9.18. The van der Waals surface area contributed by atoms with Crippen molar-refractivity contribution in [2.24, 2.45) is 0 Å². The number of anilines is 1. The maximum Gasteiger partial charge on any atom is 0.293 e. The number of rotatable bonds is 6. The van der Waals surface area contributed by atoms with Crippen molar-refractivity contribution in [2.45, 2.75) is 19.6 Å². The fourth-order valence-corrected chi connectivity index (χ4v) is 3.80. The Kier molecular flexibility index (Phi) is 6.18. The van der Waals surface area contributed by atoms with Gasteiger partial charge in [-0.1, -0.05) is 30.3 Å². The van der Waals surface area contributed by atoms with Crippen LogP contribution in [0.4, 0.5) is 5.69 Å². The average Bonchev–Trinajstić information content (AvgIpc) is 3.27. The van der Waals surface area contributed by atoms with E-state index in [2.05, 4.69) is 34.0 Å². The van der Waals surface area contributed by atoms with E-state index in [1.165, 1.54) is 22.3 Å². The average molecular weight is 422 g/mol. The van der Waals surface area contributed by atoms with E-state index in [9.17, 15) is 9.90 Å². The number of ether oxygens (including phenoxy) is 1. The first kappa shape index (κ1) is 20.9. The number of aliphatic hydroxyl groups excluding tert-OH is 1. The molecule has 0 bridgehead atoms. The lowest BCUT2D eigenvalue weighted by atomic mass is 10.1. The van der Waals surface area contributed by atoms with E-state index in [-0.39, 0.29) is 18.3 Å². The fraction of sp³-hybridized carbons (Fsp3) is 0.348. The van der Waals surface area contributed by atoms with Gasteiger partial charge in [0, 0.05) is 31.9 Å². The van der Waals surface area contributed by atoms with Crippen LogP contribution < -0.4 is 9.64 Å². The first-order valence-electron chi connectivity index (χ1n) is 10.4. The SMILES string of the molecule is COc1ccc([C@H](O)Cn2cnc(C(=O)N3CCN(c4ccccc4C)CC3)n2)cc1. The summed E-state index contributed by atoms with van der Waals surface area (Å²) in [5.41, 5.74) is 3.19. The molecule has 31 heavy (non-hydrogen) atoms. The van der Waals surface area contributed by atoms with Gasteiger partial charge in [-0.05, 0) is 36.2 Å². The molecule has 1 aliphatic heterocycles. The number of nitrogens with zero attached hydrogens (tertiary/aromatic N) is 5. The number of carbonyl (C=O) groups excluding carboxylic acids is 1. The van der Waals surface area contributed by atoms with E-state index in [4.69, 9.17) is 4.74 Å². The molecule has 3 aromatic rings. The topological polar surface area (TPSA) is 83.7 Å². The Morgan fingerprint density at radius 3 is 2.48 bits per heavy atom. The Balaban J connectivity index is 1.34. The molecule has 0 saturated carbocycles. The van der Waals surface area contributed by atoms with Crippen molar-refractivity contribution >= 4 is 11.6 Å². The molecule has 0 aliphatic carbocycles. The molecule has 1 atom stereocenters. The number of hydrogen-bond acceptors (Lipinski definition) is 6. The van der Waals surface area contributed by atoms with Gasteiger partial charge in [0.1, 0.15) is 12.1 Å². The molecule has 8 heteroatoms. The van der Waals surface area contributed by atoms with Crippen LogP contribution in [0.5, 0.6) is 5.75 Å². The molecule has 1 N–H and O–H groups in total. The normalized spacial score (nSPS) is 15.1. The fourth-order valence-electron chi connectivity index (χ4n) is 3.80. The lowest BCUT2D eigenvalue weighted by molar-refractivity contribution is 0.0733.